The second-order valence-electron chi connectivity index (χ2n) is 3.47. The molecule has 0 amide bonds. The van der Waals surface area contributed by atoms with Crippen LogP contribution in [0.5, 0.6) is 0 Å². The average molecular weight is 269 g/mol. The van der Waals surface area contributed by atoms with Gasteiger partial charge in [0.05, 0.1) is 0 Å². The number of aldehydes is 1. The molecule has 0 aliphatic carbocycles. The summed E-state index contributed by atoms with van der Waals surface area (Å²) in [6, 6.07) is 8.78. The van der Waals surface area contributed by atoms with Crippen LogP contribution in [0.4, 0.5) is 4.39 Å². The first-order valence-electron chi connectivity index (χ1n) is 4.82. The first kappa shape index (κ1) is 12.1. The van der Waals surface area contributed by atoms with E-state index in [2.05, 4.69) is 0 Å². The smallest absolute Gasteiger partial charge is 0.150 e. The molecule has 1 nitrogen and oxygen atoms in total. The van der Waals surface area contributed by atoms with Crippen LogP contribution in [-0.4, -0.2) is 6.29 Å². The Kier molecular flexibility index (Phi) is 3.46. The molecule has 0 heterocycles. The van der Waals surface area contributed by atoms with E-state index < -0.39 is 5.82 Å². The first-order chi connectivity index (χ1) is 8.11. The van der Waals surface area contributed by atoms with Gasteiger partial charge in [-0.05, 0) is 35.9 Å². The standard InChI is InChI=1S/C13H7Cl2FO/c14-9-2-4-11(13(15)5-9)12-6-10(16)3-1-8(12)7-17/h1-7H. The monoisotopic (exact) mass is 268 g/mol. The number of rotatable bonds is 2. The van der Waals surface area contributed by atoms with Crippen LogP contribution in [0.25, 0.3) is 11.1 Å². The molecule has 2 aromatic carbocycles. The molecule has 0 spiro atoms. The van der Waals surface area contributed by atoms with Crippen LogP contribution in [0.1, 0.15) is 10.4 Å². The van der Waals surface area contributed by atoms with Crippen molar-refractivity contribution in [3.8, 4) is 11.1 Å². The van der Waals surface area contributed by atoms with Gasteiger partial charge < -0.3 is 0 Å². The van der Waals surface area contributed by atoms with Gasteiger partial charge in [0, 0.05) is 21.2 Å². The number of benzene rings is 2. The van der Waals surface area contributed by atoms with E-state index in [-0.39, 0.29) is 0 Å². The molecular weight excluding hydrogens is 262 g/mol. The van der Waals surface area contributed by atoms with E-state index in [1.54, 1.807) is 18.2 Å². The van der Waals surface area contributed by atoms with Crippen molar-refractivity contribution in [2.45, 2.75) is 0 Å². The summed E-state index contributed by atoms with van der Waals surface area (Å²) in [7, 11) is 0. The van der Waals surface area contributed by atoms with Gasteiger partial charge in [0.2, 0.25) is 0 Å². The summed E-state index contributed by atoms with van der Waals surface area (Å²) < 4.78 is 13.2. The van der Waals surface area contributed by atoms with Gasteiger partial charge >= 0.3 is 0 Å². The van der Waals surface area contributed by atoms with E-state index in [0.717, 1.165) is 0 Å². The highest BCUT2D eigenvalue weighted by Crippen LogP contribution is 2.32. The Labute approximate surface area is 108 Å². The summed E-state index contributed by atoms with van der Waals surface area (Å²) >= 11 is 11.8. The van der Waals surface area contributed by atoms with Crippen molar-refractivity contribution in [2.24, 2.45) is 0 Å². The van der Waals surface area contributed by atoms with Crippen molar-refractivity contribution < 1.29 is 9.18 Å². The maximum absolute atomic E-state index is 13.2. The van der Waals surface area contributed by atoms with Crippen LogP contribution in [-0.2, 0) is 0 Å². The predicted octanol–water partition coefficient (Wildman–Crippen LogP) is 4.61. The van der Waals surface area contributed by atoms with Crippen molar-refractivity contribution in [1.82, 2.24) is 0 Å². The molecule has 4 heteroatoms. The van der Waals surface area contributed by atoms with Gasteiger partial charge in [-0.15, -0.1) is 0 Å². The highest BCUT2D eigenvalue weighted by molar-refractivity contribution is 6.36. The van der Waals surface area contributed by atoms with Gasteiger partial charge in [0.15, 0.2) is 6.29 Å². The fourth-order valence-corrected chi connectivity index (χ4v) is 2.08. The zero-order chi connectivity index (χ0) is 12.4. The lowest BCUT2D eigenvalue weighted by atomic mass is 10.0. The number of carbonyl (C=O) groups is 1. The zero-order valence-corrected chi connectivity index (χ0v) is 10.1. The minimum absolute atomic E-state index is 0.381. The van der Waals surface area contributed by atoms with E-state index in [1.807, 2.05) is 0 Å². The van der Waals surface area contributed by atoms with Crippen LogP contribution < -0.4 is 0 Å². The molecule has 0 unspecified atom stereocenters. The molecule has 17 heavy (non-hydrogen) atoms. The lowest BCUT2D eigenvalue weighted by Crippen LogP contribution is -1.90. The number of hydrogen-bond donors (Lipinski definition) is 0. The summed E-state index contributed by atoms with van der Waals surface area (Å²) in [5, 5.41) is 0.869. The highest BCUT2D eigenvalue weighted by atomic mass is 35.5. The Morgan fingerprint density at radius 1 is 1.00 bits per heavy atom. The maximum Gasteiger partial charge on any atom is 0.150 e. The zero-order valence-electron chi connectivity index (χ0n) is 8.58. The van der Waals surface area contributed by atoms with E-state index in [9.17, 15) is 9.18 Å². The molecule has 2 rings (SSSR count). The minimum atomic E-state index is -0.420. The minimum Gasteiger partial charge on any atom is -0.298 e. The first-order valence-corrected chi connectivity index (χ1v) is 5.57. The highest BCUT2D eigenvalue weighted by Gasteiger charge is 2.10. The summed E-state index contributed by atoms with van der Waals surface area (Å²) in [6.45, 7) is 0. The third kappa shape index (κ3) is 2.48. The van der Waals surface area contributed by atoms with E-state index in [0.29, 0.717) is 33.0 Å². The Hall–Kier alpha value is -1.38. The normalized spacial score (nSPS) is 10.3. The Bertz CT molecular complexity index is 582. The van der Waals surface area contributed by atoms with Gasteiger partial charge in [0.1, 0.15) is 5.82 Å². The van der Waals surface area contributed by atoms with Crippen LogP contribution in [0, 0.1) is 5.82 Å². The van der Waals surface area contributed by atoms with Gasteiger partial charge in [-0.3, -0.25) is 4.79 Å². The van der Waals surface area contributed by atoms with Crippen molar-refractivity contribution in [1.29, 1.82) is 0 Å². The molecule has 86 valence electrons. The van der Waals surface area contributed by atoms with Crippen molar-refractivity contribution in [3.63, 3.8) is 0 Å². The summed E-state index contributed by atoms with van der Waals surface area (Å²) in [5.74, 6) is -0.420. The lowest BCUT2D eigenvalue weighted by molar-refractivity contribution is 0.112. The molecule has 0 fully saturated rings. The molecule has 0 aromatic heterocycles. The molecule has 0 aliphatic rings. The van der Waals surface area contributed by atoms with Crippen molar-refractivity contribution in [2.75, 3.05) is 0 Å². The molecule has 0 bridgehead atoms. The molecular formula is C13H7Cl2FO. The fourth-order valence-electron chi connectivity index (χ4n) is 1.57. The molecule has 0 radical (unpaired) electrons. The molecule has 0 N–H and O–H groups in total. The van der Waals surface area contributed by atoms with Crippen LogP contribution >= 0.6 is 23.2 Å². The lowest BCUT2D eigenvalue weighted by Gasteiger charge is -2.07. The molecule has 0 atom stereocenters. The maximum atomic E-state index is 13.2. The predicted molar refractivity (Wildman–Crippen MR) is 67.2 cm³/mol. The van der Waals surface area contributed by atoms with Gasteiger partial charge in [-0.25, -0.2) is 4.39 Å². The SMILES string of the molecule is O=Cc1ccc(F)cc1-c1ccc(Cl)cc1Cl. The van der Waals surface area contributed by atoms with Crippen LogP contribution in [0.3, 0.4) is 0 Å². The largest absolute Gasteiger partial charge is 0.298 e. The fraction of sp³-hybridized carbons (Fsp3) is 0. The second-order valence-corrected chi connectivity index (χ2v) is 4.32. The third-order valence-electron chi connectivity index (χ3n) is 2.36. The summed E-state index contributed by atoms with van der Waals surface area (Å²) in [5.41, 5.74) is 1.43. The molecule has 0 aliphatic heterocycles. The van der Waals surface area contributed by atoms with Crippen molar-refractivity contribution >= 4 is 29.5 Å². The van der Waals surface area contributed by atoms with E-state index in [1.165, 1.54) is 18.2 Å². The van der Waals surface area contributed by atoms with Gasteiger partial charge in [-0.2, -0.15) is 0 Å². The average Bonchev–Trinajstić information content (AvgIpc) is 2.29. The third-order valence-corrected chi connectivity index (χ3v) is 2.91. The van der Waals surface area contributed by atoms with E-state index in [4.69, 9.17) is 23.2 Å². The van der Waals surface area contributed by atoms with Crippen molar-refractivity contribution in [3.05, 3.63) is 57.8 Å². The van der Waals surface area contributed by atoms with Crippen LogP contribution in [0.15, 0.2) is 36.4 Å². The van der Waals surface area contributed by atoms with Crippen LogP contribution in [0.2, 0.25) is 10.0 Å². The topological polar surface area (TPSA) is 17.1 Å². The Morgan fingerprint density at radius 3 is 2.41 bits per heavy atom. The number of hydrogen-bond acceptors (Lipinski definition) is 1. The summed E-state index contributed by atoms with van der Waals surface area (Å²) in [4.78, 5) is 10.9. The molecule has 0 saturated heterocycles. The number of carbonyl (C=O) groups excluding carboxylic acids is 1. The van der Waals surface area contributed by atoms with E-state index >= 15 is 0 Å². The Morgan fingerprint density at radius 2 is 1.76 bits per heavy atom. The quantitative estimate of drug-likeness (QED) is 0.727. The molecule has 0 saturated carbocycles. The summed E-state index contributed by atoms with van der Waals surface area (Å²) in [6.07, 6.45) is 0.666. The number of halogens is 3. The second kappa shape index (κ2) is 4.86. The van der Waals surface area contributed by atoms with Gasteiger partial charge in [0.25, 0.3) is 0 Å². The Balaban J connectivity index is 2.66. The van der Waals surface area contributed by atoms with Gasteiger partial charge in [-0.1, -0.05) is 29.3 Å². The molecule has 2 aromatic rings.